The second kappa shape index (κ2) is 7.61. The molecule has 1 atom stereocenters. The summed E-state index contributed by atoms with van der Waals surface area (Å²) in [5.74, 6) is -0.175. The summed E-state index contributed by atoms with van der Waals surface area (Å²) in [6.45, 7) is 5.36. The van der Waals surface area contributed by atoms with Crippen molar-refractivity contribution in [1.82, 2.24) is 15.2 Å². The first-order valence-electron chi connectivity index (χ1n) is 7.08. The number of nitrogens with one attached hydrogen (secondary N) is 2. The van der Waals surface area contributed by atoms with Crippen LogP contribution in [0, 0.1) is 13.8 Å². The van der Waals surface area contributed by atoms with E-state index in [0.717, 1.165) is 5.56 Å². The fourth-order valence-electron chi connectivity index (χ4n) is 1.83. The zero-order chi connectivity index (χ0) is 17.0. The lowest BCUT2D eigenvalue weighted by atomic mass is 10.2. The van der Waals surface area contributed by atoms with Gasteiger partial charge in [-0.1, -0.05) is 36.4 Å². The van der Waals surface area contributed by atoms with Crippen LogP contribution in [0.15, 0.2) is 28.2 Å². The van der Waals surface area contributed by atoms with Gasteiger partial charge in [0.05, 0.1) is 5.25 Å². The maximum absolute atomic E-state index is 12.4. The number of hydrogen-bond acceptors (Lipinski definition) is 5. The van der Waals surface area contributed by atoms with Gasteiger partial charge in [0.15, 0.2) is 5.16 Å². The lowest BCUT2D eigenvalue weighted by molar-refractivity contribution is -0.115. The van der Waals surface area contributed by atoms with Crippen LogP contribution >= 0.6 is 23.4 Å². The molecular weight excluding hydrogens is 336 g/mol. The van der Waals surface area contributed by atoms with E-state index in [1.807, 2.05) is 19.9 Å². The van der Waals surface area contributed by atoms with Crippen molar-refractivity contribution in [3.05, 3.63) is 44.8 Å². The first-order chi connectivity index (χ1) is 10.9. The molecule has 2 rings (SSSR count). The number of benzene rings is 1. The quantitative estimate of drug-likeness (QED) is 0.808. The summed E-state index contributed by atoms with van der Waals surface area (Å²) in [7, 11) is 0. The van der Waals surface area contributed by atoms with Crippen molar-refractivity contribution in [3.63, 3.8) is 0 Å². The fourth-order valence-corrected chi connectivity index (χ4v) is 2.84. The minimum atomic E-state index is -0.402. The van der Waals surface area contributed by atoms with E-state index < -0.39 is 5.25 Å². The summed E-state index contributed by atoms with van der Waals surface area (Å²) in [6, 6.07) is 5.32. The van der Waals surface area contributed by atoms with Crippen LogP contribution in [0.5, 0.6) is 0 Å². The molecule has 8 heteroatoms. The molecule has 0 bridgehead atoms. The average molecular weight is 353 g/mol. The largest absolute Gasteiger partial charge is 0.325 e. The van der Waals surface area contributed by atoms with Crippen molar-refractivity contribution < 1.29 is 4.79 Å². The topological polar surface area (TPSA) is 87.7 Å². The fraction of sp³-hybridized carbons (Fsp3) is 0.333. The normalized spacial score (nSPS) is 12.0. The second-order valence-electron chi connectivity index (χ2n) is 5.01. The van der Waals surface area contributed by atoms with Crippen LogP contribution in [0.25, 0.3) is 0 Å². The number of amides is 1. The maximum atomic E-state index is 12.4. The summed E-state index contributed by atoms with van der Waals surface area (Å²) in [5, 5.41) is 11.0. The van der Waals surface area contributed by atoms with Crippen LogP contribution in [0.1, 0.15) is 24.6 Å². The number of nitrogens with zero attached hydrogens (tertiary/aromatic N) is 2. The van der Waals surface area contributed by atoms with E-state index in [2.05, 4.69) is 20.5 Å². The predicted molar refractivity (Wildman–Crippen MR) is 92.1 cm³/mol. The van der Waals surface area contributed by atoms with E-state index >= 15 is 0 Å². The minimum Gasteiger partial charge on any atom is -0.325 e. The Kier molecular flexibility index (Phi) is 5.79. The number of aromatic amines is 1. The summed E-state index contributed by atoms with van der Waals surface area (Å²) in [6.07, 6.45) is 0.577. The molecule has 0 radical (unpaired) electrons. The van der Waals surface area contributed by atoms with Crippen LogP contribution in [0.3, 0.4) is 0 Å². The number of halogens is 1. The van der Waals surface area contributed by atoms with Gasteiger partial charge in [-0.25, -0.2) is 0 Å². The molecule has 1 heterocycles. The van der Waals surface area contributed by atoms with Crippen LogP contribution in [0.4, 0.5) is 5.69 Å². The second-order valence-corrected chi connectivity index (χ2v) is 6.64. The van der Waals surface area contributed by atoms with Gasteiger partial charge in [-0.2, -0.15) is 0 Å². The molecule has 6 nitrogen and oxygen atoms in total. The molecule has 0 aliphatic heterocycles. The van der Waals surface area contributed by atoms with E-state index in [4.69, 9.17) is 11.6 Å². The molecule has 0 aliphatic carbocycles. The Balaban J connectivity index is 2.13. The van der Waals surface area contributed by atoms with Crippen molar-refractivity contribution in [2.75, 3.05) is 5.32 Å². The van der Waals surface area contributed by atoms with E-state index in [-0.39, 0.29) is 11.5 Å². The van der Waals surface area contributed by atoms with Gasteiger partial charge in [0.2, 0.25) is 5.91 Å². The SMILES string of the molecule is CCC(Sc1nnc(C)c(=O)[nH]1)C(=O)Nc1cc(Cl)ccc1C. The molecule has 0 saturated carbocycles. The third-order valence-electron chi connectivity index (χ3n) is 3.21. The molecule has 1 aromatic heterocycles. The number of rotatable bonds is 5. The third-order valence-corrected chi connectivity index (χ3v) is 4.69. The highest BCUT2D eigenvalue weighted by Gasteiger charge is 2.20. The maximum Gasteiger partial charge on any atom is 0.273 e. The predicted octanol–water partition coefficient (Wildman–Crippen LogP) is 2.94. The smallest absolute Gasteiger partial charge is 0.273 e. The van der Waals surface area contributed by atoms with E-state index in [0.29, 0.717) is 28.0 Å². The van der Waals surface area contributed by atoms with Crippen LogP contribution < -0.4 is 10.9 Å². The number of carbonyl (C=O) groups excluding carboxylic acids is 1. The number of carbonyl (C=O) groups is 1. The number of hydrogen-bond donors (Lipinski definition) is 2. The zero-order valence-electron chi connectivity index (χ0n) is 13.0. The van der Waals surface area contributed by atoms with Crippen LogP contribution in [-0.2, 0) is 4.79 Å². The van der Waals surface area contributed by atoms with Crippen molar-refractivity contribution in [2.45, 2.75) is 37.6 Å². The first kappa shape index (κ1) is 17.5. The monoisotopic (exact) mass is 352 g/mol. The molecule has 122 valence electrons. The Morgan fingerprint density at radius 3 is 2.78 bits per heavy atom. The van der Waals surface area contributed by atoms with Gasteiger partial charge >= 0.3 is 0 Å². The number of aryl methyl sites for hydroxylation is 2. The van der Waals surface area contributed by atoms with Gasteiger partial charge in [0.1, 0.15) is 5.69 Å². The molecule has 2 N–H and O–H groups in total. The summed E-state index contributed by atoms with van der Waals surface area (Å²) < 4.78 is 0. The summed E-state index contributed by atoms with van der Waals surface area (Å²) in [4.78, 5) is 26.6. The average Bonchev–Trinajstić information content (AvgIpc) is 2.51. The molecule has 1 amide bonds. The van der Waals surface area contributed by atoms with Gasteiger partial charge in [0, 0.05) is 10.7 Å². The molecule has 23 heavy (non-hydrogen) atoms. The summed E-state index contributed by atoms with van der Waals surface area (Å²) >= 11 is 7.14. The Labute approximate surface area is 143 Å². The molecule has 2 aromatic rings. The zero-order valence-corrected chi connectivity index (χ0v) is 14.6. The molecule has 0 aliphatic rings. The molecule has 1 aromatic carbocycles. The third kappa shape index (κ3) is 4.56. The standard InChI is InChI=1S/C15H17ClN4O2S/c1-4-12(23-15-18-13(21)9(3)19-20-15)14(22)17-11-7-10(16)6-5-8(11)2/h5-7,12H,4H2,1-3H3,(H,17,22)(H,18,20,21). The Hall–Kier alpha value is -1.86. The molecule has 0 saturated heterocycles. The van der Waals surface area contributed by atoms with Gasteiger partial charge in [-0.05, 0) is 38.0 Å². The lowest BCUT2D eigenvalue weighted by Gasteiger charge is -2.15. The minimum absolute atomic E-state index is 0.175. The van der Waals surface area contributed by atoms with E-state index in [9.17, 15) is 9.59 Å². The summed E-state index contributed by atoms with van der Waals surface area (Å²) in [5.41, 5.74) is 1.58. The van der Waals surface area contributed by atoms with Gasteiger partial charge < -0.3 is 5.32 Å². The van der Waals surface area contributed by atoms with E-state index in [1.54, 1.807) is 19.1 Å². The van der Waals surface area contributed by atoms with Crippen molar-refractivity contribution in [2.24, 2.45) is 0 Å². The lowest BCUT2D eigenvalue weighted by Crippen LogP contribution is -2.26. The number of H-pyrrole nitrogens is 1. The number of anilines is 1. The highest BCUT2D eigenvalue weighted by atomic mass is 35.5. The molecular formula is C15H17ClN4O2S. The Morgan fingerprint density at radius 2 is 2.13 bits per heavy atom. The highest BCUT2D eigenvalue weighted by molar-refractivity contribution is 8.00. The highest BCUT2D eigenvalue weighted by Crippen LogP contribution is 2.25. The molecule has 1 unspecified atom stereocenters. The van der Waals surface area contributed by atoms with Gasteiger partial charge in [-0.3, -0.25) is 14.6 Å². The van der Waals surface area contributed by atoms with Gasteiger partial charge in [-0.15, -0.1) is 10.2 Å². The van der Waals surface area contributed by atoms with Crippen molar-refractivity contribution in [3.8, 4) is 0 Å². The first-order valence-corrected chi connectivity index (χ1v) is 8.33. The van der Waals surface area contributed by atoms with E-state index in [1.165, 1.54) is 11.8 Å². The Bertz CT molecular complexity index is 778. The van der Waals surface area contributed by atoms with Crippen LogP contribution in [-0.4, -0.2) is 26.3 Å². The molecule has 0 fully saturated rings. The van der Waals surface area contributed by atoms with Gasteiger partial charge in [0.25, 0.3) is 5.56 Å². The van der Waals surface area contributed by atoms with Crippen molar-refractivity contribution >= 4 is 35.0 Å². The van der Waals surface area contributed by atoms with Crippen molar-refractivity contribution in [1.29, 1.82) is 0 Å². The number of aromatic nitrogens is 3. The Morgan fingerprint density at radius 1 is 1.39 bits per heavy atom. The number of thioether (sulfide) groups is 1. The molecule has 0 spiro atoms. The van der Waals surface area contributed by atoms with Crippen LogP contribution in [0.2, 0.25) is 5.02 Å².